The number of hydrogen-bond acceptors (Lipinski definition) is 6. The molecule has 0 saturated heterocycles. The zero-order chi connectivity index (χ0) is 17.4. The molecule has 2 aromatic heterocycles. The zero-order valence-electron chi connectivity index (χ0n) is 14.5. The molecule has 0 spiro atoms. The SMILES string of the molecule is CNC(C)Cc1noc(-c2nc(C3CC3)n(-c3ccccc3Cl)n2)n1.Cl. The van der Waals surface area contributed by atoms with Crippen molar-refractivity contribution < 1.29 is 4.52 Å². The van der Waals surface area contributed by atoms with E-state index < -0.39 is 0 Å². The Hall–Kier alpha value is -1.96. The van der Waals surface area contributed by atoms with E-state index in [1.54, 1.807) is 4.68 Å². The Bertz CT molecular complexity index is 889. The van der Waals surface area contributed by atoms with Gasteiger partial charge in [-0.25, -0.2) is 9.67 Å². The number of likely N-dealkylation sites (N-methyl/N-ethyl adjacent to an activating group) is 1. The van der Waals surface area contributed by atoms with Gasteiger partial charge in [0.1, 0.15) is 5.82 Å². The number of para-hydroxylation sites is 1. The molecule has 0 bridgehead atoms. The standard InChI is InChI=1S/C17H19ClN6O.ClH/c1-10(19-2)9-14-20-17(25-23-14)15-21-16(11-7-8-11)24(22-15)13-6-4-3-5-12(13)18;/h3-6,10-11,19H,7-9H2,1-2H3;1H. The second kappa shape index (κ2) is 7.73. The lowest BCUT2D eigenvalue weighted by molar-refractivity contribution is 0.416. The largest absolute Gasteiger partial charge is 0.330 e. The van der Waals surface area contributed by atoms with Gasteiger partial charge in [-0.05, 0) is 38.9 Å². The molecule has 0 amide bonds. The van der Waals surface area contributed by atoms with Gasteiger partial charge in [0.15, 0.2) is 5.82 Å². The number of benzene rings is 1. The van der Waals surface area contributed by atoms with Gasteiger partial charge in [0, 0.05) is 18.4 Å². The van der Waals surface area contributed by atoms with Crippen LogP contribution in [0.15, 0.2) is 28.8 Å². The van der Waals surface area contributed by atoms with Crippen LogP contribution in [0.3, 0.4) is 0 Å². The van der Waals surface area contributed by atoms with E-state index in [0.29, 0.717) is 34.9 Å². The molecule has 1 saturated carbocycles. The summed E-state index contributed by atoms with van der Waals surface area (Å²) >= 11 is 6.34. The average Bonchev–Trinajstić information content (AvgIpc) is 3.20. The van der Waals surface area contributed by atoms with E-state index in [2.05, 4.69) is 32.5 Å². The predicted molar refractivity (Wildman–Crippen MR) is 101 cm³/mol. The fraction of sp³-hybridized carbons (Fsp3) is 0.412. The molecule has 1 unspecified atom stereocenters. The number of nitrogens with one attached hydrogen (secondary N) is 1. The number of aromatic nitrogens is 5. The summed E-state index contributed by atoms with van der Waals surface area (Å²) in [7, 11) is 1.90. The molecular weight excluding hydrogens is 375 g/mol. The van der Waals surface area contributed by atoms with Crippen LogP contribution in [0.1, 0.15) is 37.3 Å². The number of hydrogen-bond donors (Lipinski definition) is 1. The summed E-state index contributed by atoms with van der Waals surface area (Å²) < 4.78 is 7.17. The molecule has 1 N–H and O–H groups in total. The first-order valence-electron chi connectivity index (χ1n) is 8.37. The van der Waals surface area contributed by atoms with E-state index in [9.17, 15) is 0 Å². The molecule has 1 aromatic carbocycles. The van der Waals surface area contributed by atoms with E-state index in [-0.39, 0.29) is 18.4 Å². The quantitative estimate of drug-likeness (QED) is 0.689. The van der Waals surface area contributed by atoms with Crippen molar-refractivity contribution in [1.82, 2.24) is 30.2 Å². The minimum Gasteiger partial charge on any atom is -0.330 e. The van der Waals surface area contributed by atoms with Crippen LogP contribution >= 0.6 is 24.0 Å². The minimum absolute atomic E-state index is 0. The lowest BCUT2D eigenvalue weighted by Gasteiger charge is -2.06. The molecule has 1 aliphatic carbocycles. The summed E-state index contributed by atoms with van der Waals surface area (Å²) in [6, 6.07) is 7.87. The Labute approximate surface area is 162 Å². The van der Waals surface area contributed by atoms with Crippen LogP contribution in [0.5, 0.6) is 0 Å². The van der Waals surface area contributed by atoms with Gasteiger partial charge in [-0.2, -0.15) is 4.98 Å². The highest BCUT2D eigenvalue weighted by Gasteiger charge is 2.32. The minimum atomic E-state index is 0. The van der Waals surface area contributed by atoms with Crippen LogP contribution in [0.25, 0.3) is 17.4 Å². The molecule has 2 heterocycles. The van der Waals surface area contributed by atoms with E-state index in [4.69, 9.17) is 16.1 Å². The maximum Gasteiger partial charge on any atom is 0.297 e. The van der Waals surface area contributed by atoms with Crippen LogP contribution < -0.4 is 5.32 Å². The van der Waals surface area contributed by atoms with Crippen LogP contribution in [0.4, 0.5) is 0 Å². The van der Waals surface area contributed by atoms with Crippen molar-refractivity contribution in [2.24, 2.45) is 0 Å². The lowest BCUT2D eigenvalue weighted by atomic mass is 10.2. The summed E-state index contributed by atoms with van der Waals surface area (Å²) in [6.07, 6.45) is 2.90. The first kappa shape index (κ1) is 18.8. The summed E-state index contributed by atoms with van der Waals surface area (Å²) in [5.74, 6) is 2.72. The van der Waals surface area contributed by atoms with Crippen molar-refractivity contribution in [2.75, 3.05) is 7.05 Å². The third-order valence-electron chi connectivity index (χ3n) is 4.30. The summed E-state index contributed by atoms with van der Waals surface area (Å²) in [6.45, 7) is 2.06. The summed E-state index contributed by atoms with van der Waals surface area (Å²) in [5, 5.41) is 12.4. The molecule has 26 heavy (non-hydrogen) atoms. The van der Waals surface area contributed by atoms with Gasteiger partial charge in [0.05, 0.1) is 10.7 Å². The lowest BCUT2D eigenvalue weighted by Crippen LogP contribution is -2.24. The monoisotopic (exact) mass is 394 g/mol. The second-order valence-corrected chi connectivity index (χ2v) is 6.75. The molecule has 1 aliphatic rings. The van der Waals surface area contributed by atoms with E-state index in [0.717, 1.165) is 24.4 Å². The Balaban J connectivity index is 0.00000196. The Morgan fingerprint density at radius 3 is 2.77 bits per heavy atom. The molecule has 7 nitrogen and oxygen atoms in total. The van der Waals surface area contributed by atoms with Crippen LogP contribution in [0.2, 0.25) is 5.02 Å². The van der Waals surface area contributed by atoms with Crippen LogP contribution in [-0.2, 0) is 6.42 Å². The third-order valence-corrected chi connectivity index (χ3v) is 4.62. The first-order chi connectivity index (χ1) is 12.2. The highest BCUT2D eigenvalue weighted by molar-refractivity contribution is 6.32. The fourth-order valence-corrected chi connectivity index (χ4v) is 2.84. The molecule has 0 radical (unpaired) electrons. The van der Waals surface area contributed by atoms with Crippen LogP contribution in [-0.4, -0.2) is 38.0 Å². The Morgan fingerprint density at radius 2 is 2.08 bits per heavy atom. The van der Waals surface area contributed by atoms with Gasteiger partial charge in [-0.1, -0.05) is 28.9 Å². The van der Waals surface area contributed by atoms with E-state index in [1.807, 2.05) is 31.3 Å². The van der Waals surface area contributed by atoms with E-state index >= 15 is 0 Å². The molecule has 9 heteroatoms. The molecule has 138 valence electrons. The highest BCUT2D eigenvalue weighted by atomic mass is 35.5. The number of halogens is 2. The van der Waals surface area contributed by atoms with Gasteiger partial charge >= 0.3 is 0 Å². The molecule has 3 aromatic rings. The summed E-state index contributed by atoms with van der Waals surface area (Å²) in [4.78, 5) is 9.08. The van der Waals surface area contributed by atoms with Crippen LogP contribution in [0, 0.1) is 0 Å². The fourth-order valence-electron chi connectivity index (χ4n) is 2.62. The van der Waals surface area contributed by atoms with Gasteiger partial charge < -0.3 is 9.84 Å². The van der Waals surface area contributed by atoms with Gasteiger partial charge in [-0.3, -0.25) is 0 Å². The van der Waals surface area contributed by atoms with Crippen molar-refractivity contribution in [3.63, 3.8) is 0 Å². The first-order valence-corrected chi connectivity index (χ1v) is 8.75. The second-order valence-electron chi connectivity index (χ2n) is 6.34. The van der Waals surface area contributed by atoms with Crippen molar-refractivity contribution in [2.45, 2.75) is 38.1 Å². The normalized spacial score (nSPS) is 14.9. The predicted octanol–water partition coefficient (Wildman–Crippen LogP) is 3.42. The molecular formula is C17H20Cl2N6O. The average molecular weight is 395 g/mol. The Morgan fingerprint density at radius 1 is 1.31 bits per heavy atom. The Kier molecular flexibility index (Phi) is 5.60. The topological polar surface area (TPSA) is 81.7 Å². The molecule has 1 fully saturated rings. The van der Waals surface area contributed by atoms with Crippen molar-refractivity contribution in [3.8, 4) is 17.4 Å². The molecule has 4 rings (SSSR count). The maximum absolute atomic E-state index is 6.34. The van der Waals surface area contributed by atoms with E-state index in [1.165, 1.54) is 0 Å². The summed E-state index contributed by atoms with van der Waals surface area (Å²) in [5.41, 5.74) is 0.813. The molecule has 1 atom stereocenters. The third kappa shape index (κ3) is 3.75. The van der Waals surface area contributed by atoms with Crippen molar-refractivity contribution >= 4 is 24.0 Å². The van der Waals surface area contributed by atoms with Gasteiger partial charge in [0.25, 0.3) is 5.89 Å². The molecule has 0 aliphatic heterocycles. The van der Waals surface area contributed by atoms with Crippen molar-refractivity contribution in [1.29, 1.82) is 0 Å². The maximum atomic E-state index is 6.34. The number of rotatable bonds is 6. The highest BCUT2D eigenvalue weighted by Crippen LogP contribution is 2.41. The van der Waals surface area contributed by atoms with Crippen molar-refractivity contribution in [3.05, 3.63) is 40.9 Å². The zero-order valence-corrected chi connectivity index (χ0v) is 16.1. The smallest absolute Gasteiger partial charge is 0.297 e. The number of nitrogens with zero attached hydrogens (tertiary/aromatic N) is 5. The van der Waals surface area contributed by atoms with Gasteiger partial charge in [-0.15, -0.1) is 17.5 Å². The van der Waals surface area contributed by atoms with Gasteiger partial charge in [0.2, 0.25) is 5.82 Å².